The number of nitrogens with two attached hydrogens (primary N) is 1. The van der Waals surface area contributed by atoms with Crippen molar-refractivity contribution < 1.29 is 4.39 Å². The molecule has 0 radical (unpaired) electrons. The Labute approximate surface area is 102 Å². The van der Waals surface area contributed by atoms with Crippen LogP contribution in [-0.2, 0) is 0 Å². The molecule has 0 saturated heterocycles. The van der Waals surface area contributed by atoms with Crippen LogP contribution in [0, 0.1) is 18.7 Å². The van der Waals surface area contributed by atoms with Crippen molar-refractivity contribution in [1.29, 1.82) is 0 Å². The van der Waals surface area contributed by atoms with Gasteiger partial charge in [0.1, 0.15) is 5.82 Å². The van der Waals surface area contributed by atoms with Gasteiger partial charge >= 0.3 is 0 Å². The second kappa shape index (κ2) is 5.61. The Balaban J connectivity index is 2.10. The maximum absolute atomic E-state index is 13.9. The molecule has 1 aromatic rings. The highest BCUT2D eigenvalue weighted by molar-refractivity contribution is 5.26. The fraction of sp³-hybridized carbons (Fsp3) is 0.571. The van der Waals surface area contributed by atoms with Crippen LogP contribution < -0.4 is 11.3 Å². The quantitative estimate of drug-likeness (QED) is 0.622. The molecule has 2 rings (SSSR count). The van der Waals surface area contributed by atoms with Crippen molar-refractivity contribution in [2.24, 2.45) is 11.8 Å². The van der Waals surface area contributed by atoms with Crippen LogP contribution in [0.2, 0.25) is 0 Å². The molecule has 17 heavy (non-hydrogen) atoms. The topological polar surface area (TPSA) is 38.0 Å². The summed E-state index contributed by atoms with van der Waals surface area (Å²) in [6, 6.07) is 5.31. The smallest absolute Gasteiger partial charge is 0.128 e. The van der Waals surface area contributed by atoms with E-state index >= 15 is 0 Å². The average Bonchev–Trinajstić information content (AvgIpc) is 2.79. The van der Waals surface area contributed by atoms with Gasteiger partial charge in [-0.15, -0.1) is 0 Å². The third-order valence-corrected chi connectivity index (χ3v) is 3.78. The van der Waals surface area contributed by atoms with E-state index in [1.165, 1.54) is 25.7 Å². The van der Waals surface area contributed by atoms with Crippen molar-refractivity contribution in [1.82, 2.24) is 5.43 Å². The molecule has 0 aromatic heterocycles. The largest absolute Gasteiger partial charge is 0.271 e. The zero-order chi connectivity index (χ0) is 12.3. The van der Waals surface area contributed by atoms with Crippen molar-refractivity contribution in [2.45, 2.75) is 45.1 Å². The van der Waals surface area contributed by atoms with Gasteiger partial charge in [0.05, 0.1) is 0 Å². The van der Waals surface area contributed by atoms with Gasteiger partial charge in [0, 0.05) is 11.6 Å². The lowest BCUT2D eigenvalue weighted by Gasteiger charge is -2.20. The Morgan fingerprint density at radius 2 is 2.12 bits per heavy atom. The standard InChI is InChI=1S/C14H21FN2/c1-10-6-7-12(13(15)8-10)14(17-16)9-11-4-2-3-5-11/h6-8,11,14,17H,2-5,9,16H2,1H3. The molecule has 0 spiro atoms. The zero-order valence-corrected chi connectivity index (χ0v) is 10.4. The van der Waals surface area contributed by atoms with E-state index in [-0.39, 0.29) is 11.9 Å². The van der Waals surface area contributed by atoms with E-state index in [9.17, 15) is 4.39 Å². The molecule has 3 N–H and O–H groups in total. The molecule has 1 aliphatic rings. The number of hydrazine groups is 1. The lowest BCUT2D eigenvalue weighted by atomic mass is 9.93. The molecule has 1 saturated carbocycles. The van der Waals surface area contributed by atoms with E-state index in [1.807, 2.05) is 19.1 Å². The average molecular weight is 236 g/mol. The Bertz CT molecular complexity index is 372. The number of nitrogens with one attached hydrogen (secondary N) is 1. The zero-order valence-electron chi connectivity index (χ0n) is 10.4. The van der Waals surface area contributed by atoms with Crippen LogP contribution in [0.4, 0.5) is 4.39 Å². The molecule has 1 atom stereocenters. The van der Waals surface area contributed by atoms with Gasteiger partial charge in [-0.05, 0) is 30.9 Å². The molecule has 1 aliphatic carbocycles. The first-order valence-electron chi connectivity index (χ1n) is 6.43. The summed E-state index contributed by atoms with van der Waals surface area (Å²) in [5, 5.41) is 0. The number of aryl methyl sites for hydroxylation is 1. The lowest BCUT2D eigenvalue weighted by molar-refractivity contribution is 0.390. The number of hydrogen-bond donors (Lipinski definition) is 2. The highest BCUT2D eigenvalue weighted by Gasteiger charge is 2.22. The molecule has 94 valence electrons. The molecule has 3 heteroatoms. The molecular formula is C14H21FN2. The van der Waals surface area contributed by atoms with Gasteiger partial charge in [-0.25, -0.2) is 4.39 Å². The van der Waals surface area contributed by atoms with Crippen molar-refractivity contribution in [2.75, 3.05) is 0 Å². The minimum Gasteiger partial charge on any atom is -0.271 e. The highest BCUT2D eigenvalue weighted by atomic mass is 19.1. The molecule has 1 aromatic carbocycles. The van der Waals surface area contributed by atoms with E-state index in [1.54, 1.807) is 6.07 Å². The Morgan fingerprint density at radius 3 is 2.71 bits per heavy atom. The normalized spacial score (nSPS) is 18.5. The summed E-state index contributed by atoms with van der Waals surface area (Å²) in [5.74, 6) is 6.12. The molecule has 0 bridgehead atoms. The van der Waals surface area contributed by atoms with E-state index < -0.39 is 0 Å². The van der Waals surface area contributed by atoms with E-state index in [0.29, 0.717) is 11.5 Å². The number of rotatable bonds is 4. The fourth-order valence-electron chi connectivity index (χ4n) is 2.78. The molecule has 0 heterocycles. The maximum Gasteiger partial charge on any atom is 0.128 e. The second-order valence-corrected chi connectivity index (χ2v) is 5.13. The minimum absolute atomic E-state index is 0.0568. The van der Waals surface area contributed by atoms with Gasteiger partial charge in [0.2, 0.25) is 0 Å². The van der Waals surface area contributed by atoms with E-state index in [4.69, 9.17) is 5.84 Å². The van der Waals surface area contributed by atoms with Gasteiger partial charge in [-0.2, -0.15) is 0 Å². The van der Waals surface area contributed by atoms with Crippen LogP contribution in [0.5, 0.6) is 0 Å². The fourth-order valence-corrected chi connectivity index (χ4v) is 2.78. The van der Waals surface area contributed by atoms with Crippen LogP contribution in [0.3, 0.4) is 0 Å². The molecular weight excluding hydrogens is 215 g/mol. The third-order valence-electron chi connectivity index (χ3n) is 3.78. The molecule has 0 amide bonds. The summed E-state index contributed by atoms with van der Waals surface area (Å²) < 4.78 is 13.9. The van der Waals surface area contributed by atoms with Gasteiger partial charge in [0.25, 0.3) is 0 Å². The van der Waals surface area contributed by atoms with Crippen molar-refractivity contribution >= 4 is 0 Å². The summed E-state index contributed by atoms with van der Waals surface area (Å²) in [6.07, 6.45) is 6.06. The third kappa shape index (κ3) is 3.05. The van der Waals surface area contributed by atoms with Crippen LogP contribution >= 0.6 is 0 Å². The monoisotopic (exact) mass is 236 g/mol. The van der Waals surface area contributed by atoms with E-state index in [0.717, 1.165) is 12.0 Å². The van der Waals surface area contributed by atoms with Crippen LogP contribution in [0.25, 0.3) is 0 Å². The van der Waals surface area contributed by atoms with Crippen LogP contribution in [0.1, 0.15) is 49.3 Å². The molecule has 1 unspecified atom stereocenters. The first-order valence-corrected chi connectivity index (χ1v) is 6.43. The second-order valence-electron chi connectivity index (χ2n) is 5.13. The summed E-state index contributed by atoms with van der Waals surface area (Å²) >= 11 is 0. The first-order chi connectivity index (χ1) is 8.20. The minimum atomic E-state index is -0.147. The van der Waals surface area contributed by atoms with Crippen LogP contribution in [0.15, 0.2) is 18.2 Å². The Kier molecular flexibility index (Phi) is 4.13. The summed E-state index contributed by atoms with van der Waals surface area (Å²) in [5.41, 5.74) is 4.41. The molecule has 0 aliphatic heterocycles. The Hall–Kier alpha value is -0.930. The number of benzene rings is 1. The van der Waals surface area contributed by atoms with Crippen molar-refractivity contribution in [3.8, 4) is 0 Å². The summed E-state index contributed by atoms with van der Waals surface area (Å²) in [7, 11) is 0. The van der Waals surface area contributed by atoms with E-state index in [2.05, 4.69) is 5.43 Å². The highest BCUT2D eigenvalue weighted by Crippen LogP contribution is 2.33. The Morgan fingerprint density at radius 1 is 1.41 bits per heavy atom. The maximum atomic E-state index is 13.9. The van der Waals surface area contributed by atoms with Gasteiger partial charge in [0.15, 0.2) is 0 Å². The lowest BCUT2D eigenvalue weighted by Crippen LogP contribution is -2.30. The SMILES string of the molecule is Cc1ccc(C(CC2CCCC2)NN)c(F)c1. The van der Waals surface area contributed by atoms with Crippen molar-refractivity contribution in [3.63, 3.8) is 0 Å². The van der Waals surface area contributed by atoms with Crippen molar-refractivity contribution in [3.05, 3.63) is 35.1 Å². The molecule has 1 fully saturated rings. The van der Waals surface area contributed by atoms with Gasteiger partial charge in [-0.1, -0.05) is 37.8 Å². The summed E-state index contributed by atoms with van der Waals surface area (Å²) in [6.45, 7) is 1.90. The van der Waals surface area contributed by atoms with Crippen LogP contribution in [-0.4, -0.2) is 0 Å². The predicted molar refractivity (Wildman–Crippen MR) is 67.8 cm³/mol. The number of halogens is 1. The molecule has 2 nitrogen and oxygen atoms in total. The first kappa shape index (κ1) is 12.5. The van der Waals surface area contributed by atoms with Gasteiger partial charge < -0.3 is 0 Å². The number of hydrogen-bond acceptors (Lipinski definition) is 2. The predicted octanol–water partition coefficient (Wildman–Crippen LogP) is 3.22. The summed E-state index contributed by atoms with van der Waals surface area (Å²) in [4.78, 5) is 0. The van der Waals surface area contributed by atoms with Gasteiger partial charge in [-0.3, -0.25) is 11.3 Å².